The van der Waals surface area contributed by atoms with Crippen LogP contribution in [0.1, 0.15) is 29.4 Å². The van der Waals surface area contributed by atoms with Crippen LogP contribution in [-0.2, 0) is 4.79 Å². The first-order chi connectivity index (χ1) is 9.58. The van der Waals surface area contributed by atoms with E-state index >= 15 is 0 Å². The highest BCUT2D eigenvalue weighted by Gasteiger charge is 2.09. The van der Waals surface area contributed by atoms with Gasteiger partial charge in [0.15, 0.2) is 0 Å². The molecule has 0 bridgehead atoms. The van der Waals surface area contributed by atoms with Gasteiger partial charge < -0.3 is 10.6 Å². The van der Waals surface area contributed by atoms with Crippen LogP contribution in [0.3, 0.4) is 0 Å². The molecule has 0 unspecified atom stereocenters. The van der Waals surface area contributed by atoms with Crippen molar-refractivity contribution >= 4 is 34.0 Å². The number of aromatic nitrogens is 1. The molecule has 0 aliphatic carbocycles. The zero-order chi connectivity index (χ0) is 14.5. The quantitative estimate of drug-likeness (QED) is 0.908. The zero-order valence-corrected chi connectivity index (χ0v) is 12.1. The molecule has 2 amide bonds. The number of nitrogens with one attached hydrogen (secondary N) is 2. The summed E-state index contributed by atoms with van der Waals surface area (Å²) >= 11 is 1.24. The molecular weight excluding hydrogens is 274 g/mol. The summed E-state index contributed by atoms with van der Waals surface area (Å²) in [4.78, 5) is 23.4. The Kier molecular flexibility index (Phi) is 4.47. The summed E-state index contributed by atoms with van der Waals surface area (Å²) in [6.07, 6.45) is 0.399. The van der Waals surface area contributed by atoms with Crippen LogP contribution in [0.4, 0.5) is 10.7 Å². The SMILES string of the molecule is CCC(=O)Nc1cccc(C(=O)Nc2cc(C)ns2)c1. The van der Waals surface area contributed by atoms with Gasteiger partial charge in [-0.3, -0.25) is 9.59 Å². The number of rotatable bonds is 4. The molecule has 0 fully saturated rings. The van der Waals surface area contributed by atoms with Crippen molar-refractivity contribution in [1.29, 1.82) is 0 Å². The molecule has 0 radical (unpaired) electrons. The average Bonchev–Trinajstić information content (AvgIpc) is 2.84. The van der Waals surface area contributed by atoms with Crippen molar-refractivity contribution in [1.82, 2.24) is 4.37 Å². The van der Waals surface area contributed by atoms with Gasteiger partial charge in [-0.05, 0) is 42.7 Å². The third kappa shape index (κ3) is 3.64. The van der Waals surface area contributed by atoms with Crippen molar-refractivity contribution < 1.29 is 9.59 Å². The van der Waals surface area contributed by atoms with Gasteiger partial charge in [0.2, 0.25) is 5.91 Å². The summed E-state index contributed by atoms with van der Waals surface area (Å²) in [5, 5.41) is 6.21. The van der Waals surface area contributed by atoms with Gasteiger partial charge in [0.05, 0.1) is 5.69 Å². The standard InChI is InChI=1S/C14H15N3O2S/c1-3-12(18)15-11-6-4-5-10(8-11)14(19)16-13-7-9(2)17-20-13/h4-8H,3H2,1-2H3,(H,15,18)(H,16,19). The van der Waals surface area contributed by atoms with Gasteiger partial charge in [-0.15, -0.1) is 0 Å². The minimum Gasteiger partial charge on any atom is -0.326 e. The second-order valence-corrected chi connectivity index (χ2v) is 5.07. The Labute approximate surface area is 121 Å². The maximum atomic E-state index is 12.1. The Morgan fingerprint density at radius 2 is 2.05 bits per heavy atom. The lowest BCUT2D eigenvalue weighted by Crippen LogP contribution is -2.13. The summed E-state index contributed by atoms with van der Waals surface area (Å²) in [7, 11) is 0. The maximum Gasteiger partial charge on any atom is 0.256 e. The minimum absolute atomic E-state index is 0.0827. The lowest BCUT2D eigenvalue weighted by molar-refractivity contribution is -0.115. The van der Waals surface area contributed by atoms with Crippen LogP contribution < -0.4 is 10.6 Å². The third-order valence-corrected chi connectivity index (χ3v) is 3.39. The Bertz CT molecular complexity index is 637. The lowest BCUT2D eigenvalue weighted by atomic mass is 10.2. The van der Waals surface area contributed by atoms with E-state index in [-0.39, 0.29) is 11.8 Å². The van der Waals surface area contributed by atoms with Crippen molar-refractivity contribution in [3.8, 4) is 0 Å². The predicted octanol–water partition coefficient (Wildman–Crippen LogP) is 3.05. The van der Waals surface area contributed by atoms with Gasteiger partial charge in [-0.2, -0.15) is 4.37 Å². The van der Waals surface area contributed by atoms with E-state index in [9.17, 15) is 9.59 Å². The van der Waals surface area contributed by atoms with Crippen LogP contribution >= 0.6 is 11.5 Å². The molecule has 0 aliphatic rings. The maximum absolute atomic E-state index is 12.1. The van der Waals surface area contributed by atoms with Crippen molar-refractivity contribution in [3.05, 3.63) is 41.6 Å². The number of carbonyl (C=O) groups excluding carboxylic acids is 2. The Morgan fingerprint density at radius 1 is 1.25 bits per heavy atom. The first-order valence-electron chi connectivity index (χ1n) is 6.23. The van der Waals surface area contributed by atoms with E-state index in [1.165, 1.54) is 11.5 Å². The van der Waals surface area contributed by atoms with Crippen LogP contribution in [0.25, 0.3) is 0 Å². The molecular formula is C14H15N3O2S. The number of amides is 2. The molecule has 2 N–H and O–H groups in total. The number of nitrogens with zero attached hydrogens (tertiary/aromatic N) is 1. The largest absolute Gasteiger partial charge is 0.326 e. The van der Waals surface area contributed by atoms with Crippen LogP contribution in [-0.4, -0.2) is 16.2 Å². The predicted molar refractivity (Wildman–Crippen MR) is 80.2 cm³/mol. The molecule has 2 rings (SSSR count). The van der Waals surface area contributed by atoms with E-state index in [1.54, 1.807) is 31.2 Å². The normalized spacial score (nSPS) is 10.1. The van der Waals surface area contributed by atoms with Crippen LogP contribution in [0.2, 0.25) is 0 Å². The van der Waals surface area contributed by atoms with Crippen molar-refractivity contribution in [3.63, 3.8) is 0 Å². The monoisotopic (exact) mass is 289 g/mol. The summed E-state index contributed by atoms with van der Waals surface area (Å²) in [6.45, 7) is 3.64. The van der Waals surface area contributed by atoms with E-state index in [4.69, 9.17) is 0 Å². The third-order valence-electron chi connectivity index (χ3n) is 2.59. The second-order valence-electron chi connectivity index (χ2n) is 4.27. The molecule has 2 aromatic rings. The number of anilines is 2. The molecule has 1 heterocycles. The Hall–Kier alpha value is -2.21. The molecule has 0 saturated heterocycles. The van der Waals surface area contributed by atoms with Crippen molar-refractivity contribution in [2.75, 3.05) is 10.6 Å². The van der Waals surface area contributed by atoms with Crippen molar-refractivity contribution in [2.45, 2.75) is 20.3 Å². The summed E-state index contributed by atoms with van der Waals surface area (Å²) < 4.78 is 4.10. The Balaban J connectivity index is 2.10. The fourth-order valence-corrected chi connectivity index (χ4v) is 2.25. The Morgan fingerprint density at radius 3 is 2.70 bits per heavy atom. The van der Waals surface area contributed by atoms with Gasteiger partial charge >= 0.3 is 0 Å². The van der Waals surface area contributed by atoms with Crippen LogP contribution in [0, 0.1) is 6.92 Å². The molecule has 0 spiro atoms. The van der Waals surface area contributed by atoms with Crippen molar-refractivity contribution in [2.24, 2.45) is 0 Å². The van der Waals surface area contributed by atoms with E-state index in [1.807, 2.05) is 13.0 Å². The molecule has 6 heteroatoms. The smallest absolute Gasteiger partial charge is 0.256 e. The van der Waals surface area contributed by atoms with E-state index in [0.29, 0.717) is 22.7 Å². The lowest BCUT2D eigenvalue weighted by Gasteiger charge is -2.06. The highest BCUT2D eigenvalue weighted by atomic mass is 32.1. The first-order valence-corrected chi connectivity index (χ1v) is 7.00. The van der Waals surface area contributed by atoms with Crippen LogP contribution in [0.15, 0.2) is 30.3 Å². The van der Waals surface area contributed by atoms with Gasteiger partial charge in [0.25, 0.3) is 5.91 Å². The molecule has 1 aromatic heterocycles. The topological polar surface area (TPSA) is 71.1 Å². The van der Waals surface area contributed by atoms with E-state index in [0.717, 1.165) is 5.69 Å². The molecule has 20 heavy (non-hydrogen) atoms. The summed E-state index contributed by atoms with van der Waals surface area (Å²) in [6, 6.07) is 8.65. The van der Waals surface area contributed by atoms with Crippen LogP contribution in [0.5, 0.6) is 0 Å². The average molecular weight is 289 g/mol. The highest BCUT2D eigenvalue weighted by molar-refractivity contribution is 7.10. The highest BCUT2D eigenvalue weighted by Crippen LogP contribution is 2.18. The van der Waals surface area contributed by atoms with E-state index < -0.39 is 0 Å². The van der Waals surface area contributed by atoms with Gasteiger partial charge in [0, 0.05) is 17.7 Å². The minimum atomic E-state index is -0.221. The van der Waals surface area contributed by atoms with E-state index in [2.05, 4.69) is 15.0 Å². The molecule has 104 valence electrons. The molecule has 0 aliphatic heterocycles. The van der Waals surface area contributed by atoms with Gasteiger partial charge in [-0.1, -0.05) is 13.0 Å². The number of carbonyl (C=O) groups is 2. The summed E-state index contributed by atoms with van der Waals surface area (Å²) in [5.41, 5.74) is 1.98. The second kappa shape index (κ2) is 6.29. The molecule has 5 nitrogen and oxygen atoms in total. The fraction of sp³-hybridized carbons (Fsp3) is 0.214. The zero-order valence-electron chi connectivity index (χ0n) is 11.3. The molecule has 0 saturated carbocycles. The number of benzene rings is 1. The fourth-order valence-electron chi connectivity index (χ4n) is 1.59. The molecule has 0 atom stereocenters. The number of aryl methyl sites for hydroxylation is 1. The van der Waals surface area contributed by atoms with Gasteiger partial charge in [0.1, 0.15) is 5.00 Å². The summed E-state index contributed by atoms with van der Waals surface area (Å²) in [5.74, 6) is -0.304. The molecule has 1 aromatic carbocycles. The number of hydrogen-bond acceptors (Lipinski definition) is 4. The first kappa shape index (κ1) is 14.2. The number of hydrogen-bond donors (Lipinski definition) is 2. The van der Waals surface area contributed by atoms with Gasteiger partial charge in [-0.25, -0.2) is 0 Å².